The van der Waals surface area contributed by atoms with E-state index in [-0.39, 0.29) is 18.3 Å². The van der Waals surface area contributed by atoms with Gasteiger partial charge in [-0.25, -0.2) is 0 Å². The van der Waals surface area contributed by atoms with E-state index in [2.05, 4.69) is 4.98 Å². The standard InChI is InChI=1S/C13H16N2O3.ClH/c16-12(11-1-5-14-6-2-11)15-7-3-13(4-8-15)17-9-10-18-13;/h1-2,5-6H,3-4,7-10H2;1H. The highest BCUT2D eigenvalue weighted by molar-refractivity contribution is 5.94. The molecule has 0 aromatic carbocycles. The number of ether oxygens (including phenoxy) is 2. The molecule has 19 heavy (non-hydrogen) atoms. The molecule has 2 saturated heterocycles. The van der Waals surface area contributed by atoms with E-state index in [0.29, 0.717) is 31.9 Å². The third-order valence-electron chi connectivity index (χ3n) is 3.55. The van der Waals surface area contributed by atoms with Crippen LogP contribution in [-0.4, -0.2) is 47.9 Å². The van der Waals surface area contributed by atoms with Gasteiger partial charge >= 0.3 is 0 Å². The second-order valence-corrected chi connectivity index (χ2v) is 4.64. The number of piperidine rings is 1. The van der Waals surface area contributed by atoms with Crippen molar-refractivity contribution in [2.45, 2.75) is 18.6 Å². The van der Waals surface area contributed by atoms with Gasteiger partial charge in [0.15, 0.2) is 5.79 Å². The number of rotatable bonds is 1. The Morgan fingerprint density at radius 1 is 1.16 bits per heavy atom. The second kappa shape index (κ2) is 5.86. The van der Waals surface area contributed by atoms with E-state index in [1.54, 1.807) is 24.5 Å². The molecule has 3 heterocycles. The Labute approximate surface area is 118 Å². The van der Waals surface area contributed by atoms with Crippen molar-refractivity contribution in [2.75, 3.05) is 26.3 Å². The number of carbonyl (C=O) groups excluding carboxylic acids is 1. The van der Waals surface area contributed by atoms with Gasteiger partial charge in [-0.1, -0.05) is 0 Å². The number of pyridine rings is 1. The molecule has 0 radical (unpaired) electrons. The smallest absolute Gasteiger partial charge is 0.253 e. The number of carbonyl (C=O) groups is 1. The van der Waals surface area contributed by atoms with Crippen molar-refractivity contribution in [3.05, 3.63) is 30.1 Å². The first kappa shape index (κ1) is 14.2. The van der Waals surface area contributed by atoms with Crippen LogP contribution >= 0.6 is 12.4 Å². The Morgan fingerprint density at radius 2 is 1.74 bits per heavy atom. The van der Waals surface area contributed by atoms with Crippen LogP contribution in [0.2, 0.25) is 0 Å². The predicted molar refractivity (Wildman–Crippen MR) is 71.3 cm³/mol. The molecule has 104 valence electrons. The average molecular weight is 285 g/mol. The Morgan fingerprint density at radius 3 is 2.32 bits per heavy atom. The predicted octanol–water partition coefficient (Wildman–Crippen LogP) is 1.48. The second-order valence-electron chi connectivity index (χ2n) is 4.64. The number of likely N-dealkylation sites (tertiary alicyclic amines) is 1. The van der Waals surface area contributed by atoms with Gasteiger partial charge in [0.2, 0.25) is 0 Å². The molecule has 0 saturated carbocycles. The molecule has 0 aliphatic carbocycles. The molecule has 1 spiro atoms. The highest BCUT2D eigenvalue weighted by Crippen LogP contribution is 2.31. The van der Waals surface area contributed by atoms with Crippen molar-refractivity contribution in [2.24, 2.45) is 0 Å². The third kappa shape index (κ3) is 2.88. The lowest BCUT2D eigenvalue weighted by Crippen LogP contribution is -2.47. The van der Waals surface area contributed by atoms with Crippen LogP contribution in [0.1, 0.15) is 23.2 Å². The number of hydrogen-bond donors (Lipinski definition) is 0. The quantitative estimate of drug-likeness (QED) is 0.784. The number of nitrogens with zero attached hydrogens (tertiary/aromatic N) is 2. The summed E-state index contributed by atoms with van der Waals surface area (Å²) >= 11 is 0. The lowest BCUT2D eigenvalue weighted by molar-refractivity contribution is -0.181. The van der Waals surface area contributed by atoms with E-state index in [1.807, 2.05) is 4.90 Å². The van der Waals surface area contributed by atoms with E-state index >= 15 is 0 Å². The highest BCUT2D eigenvalue weighted by atomic mass is 35.5. The fourth-order valence-corrected chi connectivity index (χ4v) is 2.51. The monoisotopic (exact) mass is 284 g/mol. The lowest BCUT2D eigenvalue weighted by atomic mass is 10.0. The van der Waals surface area contributed by atoms with E-state index in [1.165, 1.54) is 0 Å². The molecule has 2 aliphatic heterocycles. The van der Waals surface area contributed by atoms with E-state index in [9.17, 15) is 4.79 Å². The zero-order chi connectivity index (χ0) is 12.4. The summed E-state index contributed by atoms with van der Waals surface area (Å²) in [6.07, 6.45) is 4.79. The fourth-order valence-electron chi connectivity index (χ4n) is 2.51. The fraction of sp³-hybridized carbons (Fsp3) is 0.538. The molecule has 5 nitrogen and oxygen atoms in total. The van der Waals surface area contributed by atoms with Crippen LogP contribution in [0.3, 0.4) is 0 Å². The van der Waals surface area contributed by atoms with Crippen LogP contribution in [0.15, 0.2) is 24.5 Å². The number of aromatic nitrogens is 1. The Kier molecular flexibility index (Phi) is 4.39. The van der Waals surface area contributed by atoms with Gasteiger partial charge in [0, 0.05) is 43.9 Å². The first-order valence-electron chi connectivity index (χ1n) is 6.26. The summed E-state index contributed by atoms with van der Waals surface area (Å²) in [5.74, 6) is -0.361. The molecule has 2 fully saturated rings. The molecule has 3 rings (SSSR count). The average Bonchev–Trinajstić information content (AvgIpc) is 2.88. The molecular formula is C13H17ClN2O3. The minimum atomic E-state index is -0.422. The topological polar surface area (TPSA) is 51.7 Å². The van der Waals surface area contributed by atoms with E-state index in [0.717, 1.165) is 12.8 Å². The summed E-state index contributed by atoms with van der Waals surface area (Å²) in [6, 6.07) is 3.49. The molecule has 1 aromatic rings. The minimum absolute atomic E-state index is 0. The van der Waals surface area contributed by atoms with Gasteiger partial charge in [-0.3, -0.25) is 9.78 Å². The maximum Gasteiger partial charge on any atom is 0.253 e. The van der Waals surface area contributed by atoms with Crippen LogP contribution in [-0.2, 0) is 9.47 Å². The first-order chi connectivity index (χ1) is 8.79. The Bertz CT molecular complexity index is 425. The Hall–Kier alpha value is -1.17. The van der Waals surface area contributed by atoms with Gasteiger partial charge in [0.05, 0.1) is 13.2 Å². The summed E-state index contributed by atoms with van der Waals surface area (Å²) in [4.78, 5) is 18.0. The van der Waals surface area contributed by atoms with Crippen LogP contribution in [0.25, 0.3) is 0 Å². The van der Waals surface area contributed by atoms with Gasteiger partial charge in [0.1, 0.15) is 0 Å². The van der Waals surface area contributed by atoms with Gasteiger partial charge in [-0.2, -0.15) is 0 Å². The molecule has 0 atom stereocenters. The summed E-state index contributed by atoms with van der Waals surface area (Å²) < 4.78 is 11.3. The largest absolute Gasteiger partial charge is 0.347 e. The number of halogens is 1. The van der Waals surface area contributed by atoms with Gasteiger partial charge in [-0.05, 0) is 12.1 Å². The lowest BCUT2D eigenvalue weighted by Gasteiger charge is -2.37. The third-order valence-corrected chi connectivity index (χ3v) is 3.55. The van der Waals surface area contributed by atoms with Gasteiger partial charge < -0.3 is 14.4 Å². The SMILES string of the molecule is Cl.O=C(c1ccncc1)N1CCC2(CC1)OCCO2. The molecule has 0 unspecified atom stereocenters. The van der Waals surface area contributed by atoms with E-state index < -0.39 is 5.79 Å². The zero-order valence-electron chi connectivity index (χ0n) is 10.6. The molecule has 1 aromatic heterocycles. The van der Waals surface area contributed by atoms with Gasteiger partial charge in [-0.15, -0.1) is 12.4 Å². The summed E-state index contributed by atoms with van der Waals surface area (Å²) in [7, 11) is 0. The van der Waals surface area contributed by atoms with E-state index in [4.69, 9.17) is 9.47 Å². The van der Waals surface area contributed by atoms with Gasteiger partial charge in [0.25, 0.3) is 5.91 Å². The molecular weight excluding hydrogens is 268 g/mol. The molecule has 0 N–H and O–H groups in total. The van der Waals surface area contributed by atoms with Crippen molar-refractivity contribution >= 4 is 18.3 Å². The van der Waals surface area contributed by atoms with Crippen molar-refractivity contribution in [1.29, 1.82) is 0 Å². The normalized spacial score (nSPS) is 21.2. The first-order valence-corrected chi connectivity index (χ1v) is 6.26. The summed E-state index contributed by atoms with van der Waals surface area (Å²) in [6.45, 7) is 2.69. The number of amides is 1. The van der Waals surface area contributed by atoms with Crippen molar-refractivity contribution in [3.63, 3.8) is 0 Å². The highest BCUT2D eigenvalue weighted by Gasteiger charge is 2.40. The van der Waals surface area contributed by atoms with Crippen LogP contribution < -0.4 is 0 Å². The summed E-state index contributed by atoms with van der Waals surface area (Å²) in [5.41, 5.74) is 0.689. The van der Waals surface area contributed by atoms with Crippen LogP contribution in [0, 0.1) is 0 Å². The van der Waals surface area contributed by atoms with Crippen molar-refractivity contribution < 1.29 is 14.3 Å². The zero-order valence-corrected chi connectivity index (χ0v) is 11.4. The maximum atomic E-state index is 12.2. The Balaban J connectivity index is 0.00000133. The minimum Gasteiger partial charge on any atom is -0.347 e. The molecule has 0 bridgehead atoms. The van der Waals surface area contributed by atoms with Crippen LogP contribution in [0.4, 0.5) is 0 Å². The summed E-state index contributed by atoms with van der Waals surface area (Å²) in [5, 5.41) is 0. The maximum absolute atomic E-state index is 12.2. The van der Waals surface area contributed by atoms with Crippen molar-refractivity contribution in [1.82, 2.24) is 9.88 Å². The van der Waals surface area contributed by atoms with Crippen molar-refractivity contribution in [3.8, 4) is 0 Å². The molecule has 6 heteroatoms. The van der Waals surface area contributed by atoms with Crippen LogP contribution in [0.5, 0.6) is 0 Å². The number of hydrogen-bond acceptors (Lipinski definition) is 4. The molecule has 1 amide bonds. The molecule has 2 aliphatic rings.